The summed E-state index contributed by atoms with van der Waals surface area (Å²) >= 11 is 0. The van der Waals surface area contributed by atoms with Crippen molar-refractivity contribution in [1.82, 2.24) is 35.4 Å². The molecule has 0 aliphatic rings. The molecule has 3 aromatic heterocycles. The first kappa shape index (κ1) is 28.2. The molecule has 4 aromatic rings. The number of rotatable bonds is 10. The van der Waals surface area contributed by atoms with Crippen molar-refractivity contribution in [2.75, 3.05) is 20.6 Å². The van der Waals surface area contributed by atoms with Gasteiger partial charge >= 0.3 is 0 Å². The Kier molecular flexibility index (Phi) is 8.71. The van der Waals surface area contributed by atoms with Crippen LogP contribution in [0.4, 0.5) is 4.39 Å². The van der Waals surface area contributed by atoms with Crippen molar-refractivity contribution in [1.29, 1.82) is 0 Å². The summed E-state index contributed by atoms with van der Waals surface area (Å²) in [4.78, 5) is 14.5. The predicted octanol–water partition coefficient (Wildman–Crippen LogP) is 4.97. The molecule has 40 heavy (non-hydrogen) atoms. The van der Waals surface area contributed by atoms with Crippen LogP contribution in [0.5, 0.6) is 0 Å². The third kappa shape index (κ3) is 6.24. The van der Waals surface area contributed by atoms with Crippen LogP contribution in [-0.4, -0.2) is 50.7 Å². The van der Waals surface area contributed by atoms with Gasteiger partial charge in [0.25, 0.3) is 0 Å². The average molecular weight is 536 g/mol. The molecule has 8 heteroatoms. The second kappa shape index (κ2) is 12.4. The molecule has 0 bridgehead atoms. The van der Waals surface area contributed by atoms with E-state index in [1.54, 1.807) is 18.3 Å². The monoisotopic (exact) mass is 535 g/mol. The summed E-state index contributed by atoms with van der Waals surface area (Å²) in [7, 11) is 3.99. The standard InChI is InChI=1S/C32H34FN7/c1-8-22(17-26(10-3)35-20(4)19-40(6)7)23(9-2)18-28-21(5)38-39-30(28)32-36-29-27(14-15-34-31(29)37-32)24-12-11-13-25(33)16-24/h8-18,35,38H,3-5,19H2,1-2,6-7H3,(H,34,36,37)/b22-8+,23-9+,26-17+,28-18+. The zero-order valence-electron chi connectivity index (χ0n) is 23.3. The van der Waals surface area contributed by atoms with Crippen LogP contribution in [-0.2, 0) is 0 Å². The Labute approximate surface area is 233 Å². The van der Waals surface area contributed by atoms with E-state index in [4.69, 9.17) is 4.98 Å². The van der Waals surface area contributed by atoms with Crippen molar-refractivity contribution >= 4 is 23.8 Å². The average Bonchev–Trinajstić information content (AvgIpc) is 3.52. The van der Waals surface area contributed by atoms with Crippen LogP contribution in [0.25, 0.3) is 46.5 Å². The first-order valence-electron chi connectivity index (χ1n) is 12.9. The Balaban J connectivity index is 1.76. The van der Waals surface area contributed by atoms with E-state index in [2.05, 4.69) is 45.2 Å². The molecule has 1 aromatic carbocycles. The lowest BCUT2D eigenvalue weighted by Gasteiger charge is -2.15. The number of fused-ring (bicyclic) bond motifs is 1. The number of allylic oxidation sites excluding steroid dienone is 6. The van der Waals surface area contributed by atoms with Crippen LogP contribution in [0, 0.1) is 5.82 Å². The van der Waals surface area contributed by atoms with Gasteiger partial charge in [-0.3, -0.25) is 5.10 Å². The van der Waals surface area contributed by atoms with Gasteiger partial charge < -0.3 is 15.2 Å². The van der Waals surface area contributed by atoms with Crippen molar-refractivity contribution in [3.8, 4) is 22.6 Å². The first-order valence-corrected chi connectivity index (χ1v) is 12.9. The number of imidazole rings is 1. The SMILES string of the molecule is C=C\C(=C/C(=C\C)C(/C=c1/c(-c2nc3nccc(-c4cccc(F)c4)c3[nH]2)n[nH]c1=C)=C/C)NC(=C)CN(C)C. The van der Waals surface area contributed by atoms with Crippen molar-refractivity contribution in [3.05, 3.63) is 113 Å². The number of H-pyrrole nitrogens is 2. The van der Waals surface area contributed by atoms with Gasteiger partial charge in [-0.1, -0.05) is 44.0 Å². The Morgan fingerprint density at radius 1 is 1.15 bits per heavy atom. The second-order valence-corrected chi connectivity index (χ2v) is 9.52. The maximum absolute atomic E-state index is 13.9. The Morgan fingerprint density at radius 3 is 2.60 bits per heavy atom. The third-order valence-corrected chi connectivity index (χ3v) is 6.25. The topological polar surface area (TPSA) is 85.5 Å². The summed E-state index contributed by atoms with van der Waals surface area (Å²) in [5, 5.41) is 12.3. The van der Waals surface area contributed by atoms with E-state index in [9.17, 15) is 4.39 Å². The Morgan fingerprint density at radius 2 is 1.93 bits per heavy atom. The molecule has 0 unspecified atom stereocenters. The van der Waals surface area contributed by atoms with E-state index in [1.165, 1.54) is 12.1 Å². The molecule has 3 N–H and O–H groups in total. The smallest absolute Gasteiger partial charge is 0.178 e. The predicted molar refractivity (Wildman–Crippen MR) is 163 cm³/mol. The lowest BCUT2D eigenvalue weighted by molar-refractivity contribution is 0.438. The molecule has 0 saturated carbocycles. The summed E-state index contributed by atoms with van der Waals surface area (Å²) in [5.41, 5.74) is 7.00. The van der Waals surface area contributed by atoms with Crippen molar-refractivity contribution in [3.63, 3.8) is 0 Å². The molecule has 7 nitrogen and oxygen atoms in total. The van der Waals surface area contributed by atoms with Gasteiger partial charge in [0.2, 0.25) is 0 Å². The van der Waals surface area contributed by atoms with Gasteiger partial charge in [-0.05, 0) is 81.1 Å². The van der Waals surface area contributed by atoms with Crippen LogP contribution < -0.4 is 15.9 Å². The van der Waals surface area contributed by atoms with E-state index in [0.717, 1.165) is 38.9 Å². The molecule has 204 valence electrons. The maximum atomic E-state index is 13.9. The number of nitrogens with one attached hydrogen (secondary N) is 3. The molecule has 3 heterocycles. The molecule has 0 aliphatic heterocycles. The van der Waals surface area contributed by atoms with Crippen LogP contribution in [0.3, 0.4) is 0 Å². The highest BCUT2D eigenvalue weighted by molar-refractivity contribution is 5.91. The number of aromatic amines is 2. The number of halogens is 1. The fourth-order valence-electron chi connectivity index (χ4n) is 4.40. The van der Waals surface area contributed by atoms with Crippen LogP contribution in [0.2, 0.25) is 0 Å². The quantitative estimate of drug-likeness (QED) is 0.250. The molecule has 0 amide bonds. The van der Waals surface area contributed by atoms with Gasteiger partial charge in [0.15, 0.2) is 11.5 Å². The number of nitrogens with zero attached hydrogens (tertiary/aromatic N) is 4. The fraction of sp³-hybridized carbons (Fsp3) is 0.156. The number of pyridine rings is 1. The van der Waals surface area contributed by atoms with E-state index >= 15 is 0 Å². The molecular formula is C32H34FN7. The summed E-state index contributed by atoms with van der Waals surface area (Å²) in [5.74, 6) is 0.225. The summed E-state index contributed by atoms with van der Waals surface area (Å²) in [6.45, 7) is 16.9. The molecule has 0 fully saturated rings. The molecule has 0 aliphatic carbocycles. The largest absolute Gasteiger partial charge is 0.358 e. The third-order valence-electron chi connectivity index (χ3n) is 6.25. The Hall–Kier alpha value is -4.82. The van der Waals surface area contributed by atoms with E-state index in [1.807, 2.05) is 69.3 Å². The Bertz CT molecular complexity index is 1770. The summed E-state index contributed by atoms with van der Waals surface area (Å²) in [6.07, 6.45) is 11.5. The van der Waals surface area contributed by atoms with Crippen LogP contribution in [0.1, 0.15) is 13.8 Å². The fourth-order valence-corrected chi connectivity index (χ4v) is 4.40. The first-order chi connectivity index (χ1) is 19.2. The highest BCUT2D eigenvalue weighted by Crippen LogP contribution is 2.28. The van der Waals surface area contributed by atoms with Gasteiger partial charge in [-0.25, -0.2) is 14.4 Å². The molecule has 0 radical (unpaired) electrons. The minimum Gasteiger partial charge on any atom is -0.358 e. The molecular weight excluding hydrogens is 501 g/mol. The molecule has 4 rings (SSSR count). The highest BCUT2D eigenvalue weighted by Gasteiger charge is 2.15. The summed E-state index contributed by atoms with van der Waals surface area (Å²) < 4.78 is 13.9. The number of likely N-dealkylation sites (N-methyl/N-ethyl adjacent to an activating group) is 1. The van der Waals surface area contributed by atoms with E-state index in [-0.39, 0.29) is 5.82 Å². The van der Waals surface area contributed by atoms with Crippen molar-refractivity contribution in [2.45, 2.75) is 13.8 Å². The van der Waals surface area contributed by atoms with Gasteiger partial charge in [0, 0.05) is 34.9 Å². The van der Waals surface area contributed by atoms with E-state index < -0.39 is 0 Å². The van der Waals surface area contributed by atoms with Gasteiger partial charge in [-0.15, -0.1) is 0 Å². The lowest BCUT2D eigenvalue weighted by atomic mass is 10.0. The minimum atomic E-state index is -0.308. The van der Waals surface area contributed by atoms with Crippen LogP contribution >= 0.6 is 0 Å². The second-order valence-electron chi connectivity index (χ2n) is 9.52. The zero-order valence-corrected chi connectivity index (χ0v) is 23.3. The normalized spacial score (nSPS) is 13.3. The van der Waals surface area contributed by atoms with Crippen LogP contribution in [0.15, 0.2) is 96.5 Å². The zero-order chi connectivity index (χ0) is 28.8. The van der Waals surface area contributed by atoms with Gasteiger partial charge in [-0.2, -0.15) is 5.10 Å². The van der Waals surface area contributed by atoms with Crippen molar-refractivity contribution < 1.29 is 4.39 Å². The number of hydrogen-bond acceptors (Lipinski definition) is 5. The summed E-state index contributed by atoms with van der Waals surface area (Å²) in [6, 6.07) is 8.28. The maximum Gasteiger partial charge on any atom is 0.178 e. The lowest BCUT2D eigenvalue weighted by Crippen LogP contribution is -2.23. The number of benzene rings is 1. The van der Waals surface area contributed by atoms with Gasteiger partial charge in [0.1, 0.15) is 11.5 Å². The molecule has 0 saturated heterocycles. The minimum absolute atomic E-state index is 0.308. The molecule has 0 spiro atoms. The van der Waals surface area contributed by atoms with E-state index in [0.29, 0.717) is 34.6 Å². The van der Waals surface area contributed by atoms with Gasteiger partial charge in [0.05, 0.1) is 10.9 Å². The molecule has 0 atom stereocenters. The highest BCUT2D eigenvalue weighted by atomic mass is 19.1. The number of hydrogen-bond donors (Lipinski definition) is 3. The van der Waals surface area contributed by atoms with Crippen molar-refractivity contribution in [2.24, 2.45) is 0 Å². The number of aromatic nitrogens is 5.